The van der Waals surface area contributed by atoms with E-state index in [9.17, 15) is 13.2 Å². The maximum atomic E-state index is 12.8. The molecule has 1 aliphatic rings. The minimum Gasteiger partial charge on any atom is -0.497 e. The third-order valence-electron chi connectivity index (χ3n) is 5.85. The van der Waals surface area contributed by atoms with Crippen LogP contribution in [0.1, 0.15) is 24.4 Å². The number of piperidine rings is 1. The van der Waals surface area contributed by atoms with E-state index >= 15 is 0 Å². The Kier molecular flexibility index (Phi) is 8.16. The van der Waals surface area contributed by atoms with Gasteiger partial charge in [-0.25, -0.2) is 8.42 Å². The van der Waals surface area contributed by atoms with Crippen LogP contribution in [-0.2, 0) is 14.8 Å². The molecule has 1 atom stereocenters. The van der Waals surface area contributed by atoms with Crippen LogP contribution in [0.4, 0.5) is 0 Å². The average molecular weight is 480 g/mol. The molecular weight excluding hydrogens is 450 g/mol. The van der Waals surface area contributed by atoms with Gasteiger partial charge in [-0.3, -0.25) is 4.79 Å². The molecule has 0 saturated carbocycles. The first-order valence-corrected chi connectivity index (χ1v) is 12.4. The second-order valence-electron chi connectivity index (χ2n) is 8.13. The van der Waals surface area contributed by atoms with Crippen LogP contribution in [-0.4, -0.2) is 64.4 Å². The molecule has 2 aromatic carbocycles. The van der Waals surface area contributed by atoms with Crippen LogP contribution in [0.15, 0.2) is 53.4 Å². The van der Waals surface area contributed by atoms with Crippen molar-refractivity contribution in [2.24, 2.45) is 5.92 Å². The predicted molar refractivity (Wildman–Crippen MR) is 125 cm³/mol. The minimum atomic E-state index is -3.58. The number of hydrogen-bond acceptors (Lipinski definition) is 5. The zero-order chi connectivity index (χ0) is 23.3. The van der Waals surface area contributed by atoms with Gasteiger partial charge in [0, 0.05) is 30.6 Å². The lowest BCUT2D eigenvalue weighted by atomic mass is 9.97. The van der Waals surface area contributed by atoms with Crippen molar-refractivity contribution in [3.05, 3.63) is 59.1 Å². The van der Waals surface area contributed by atoms with E-state index in [1.165, 1.54) is 16.4 Å². The standard InChI is InChI=1S/C23H30ClN3O4S/c1-26(2)22(18-5-4-6-20(15-18)31-3)16-25-23(28)17-11-13-27(14-12-17)32(29,30)21-9-7-19(24)8-10-21/h4-10,15,17,22H,11-14,16H2,1-3H3,(H,25,28). The second kappa shape index (κ2) is 10.7. The summed E-state index contributed by atoms with van der Waals surface area (Å²) >= 11 is 5.86. The van der Waals surface area contributed by atoms with Gasteiger partial charge >= 0.3 is 0 Å². The quantitative estimate of drug-likeness (QED) is 0.629. The number of nitrogens with one attached hydrogen (secondary N) is 1. The number of hydrogen-bond donors (Lipinski definition) is 1. The van der Waals surface area contributed by atoms with Gasteiger partial charge in [0.1, 0.15) is 5.75 Å². The lowest BCUT2D eigenvalue weighted by Crippen LogP contribution is -2.44. The number of benzene rings is 2. The summed E-state index contributed by atoms with van der Waals surface area (Å²) in [6.45, 7) is 1.09. The van der Waals surface area contributed by atoms with E-state index in [-0.39, 0.29) is 22.8 Å². The summed E-state index contributed by atoms with van der Waals surface area (Å²) in [4.78, 5) is 15.1. The molecule has 1 N–H and O–H groups in total. The molecule has 0 bridgehead atoms. The molecule has 0 aliphatic carbocycles. The van der Waals surface area contributed by atoms with Gasteiger partial charge in [-0.05, 0) is 68.9 Å². The maximum absolute atomic E-state index is 12.8. The van der Waals surface area contributed by atoms with Crippen LogP contribution in [0.25, 0.3) is 0 Å². The average Bonchev–Trinajstić information content (AvgIpc) is 2.79. The minimum absolute atomic E-state index is 0.000536. The Balaban J connectivity index is 1.57. The van der Waals surface area contributed by atoms with Crippen LogP contribution < -0.4 is 10.1 Å². The molecule has 0 radical (unpaired) electrons. The number of likely N-dealkylation sites (N-methyl/N-ethyl adjacent to an activating group) is 1. The van der Waals surface area contributed by atoms with E-state index in [1.54, 1.807) is 19.2 Å². The van der Waals surface area contributed by atoms with Crippen molar-refractivity contribution in [3.63, 3.8) is 0 Å². The molecule has 1 aliphatic heterocycles. The van der Waals surface area contributed by atoms with Crippen LogP contribution in [0.2, 0.25) is 5.02 Å². The van der Waals surface area contributed by atoms with E-state index in [0.717, 1.165) is 11.3 Å². The lowest BCUT2D eigenvalue weighted by Gasteiger charge is -2.31. The maximum Gasteiger partial charge on any atom is 0.243 e. The monoisotopic (exact) mass is 479 g/mol. The topological polar surface area (TPSA) is 79.0 Å². The van der Waals surface area contributed by atoms with Crippen molar-refractivity contribution in [2.45, 2.75) is 23.8 Å². The fourth-order valence-corrected chi connectivity index (χ4v) is 5.50. The number of rotatable bonds is 8. The molecule has 3 rings (SSSR count). The van der Waals surface area contributed by atoms with E-state index in [1.807, 2.05) is 38.4 Å². The number of halogens is 1. The van der Waals surface area contributed by atoms with Gasteiger partial charge < -0.3 is 15.0 Å². The van der Waals surface area contributed by atoms with Gasteiger partial charge in [-0.2, -0.15) is 4.31 Å². The molecule has 32 heavy (non-hydrogen) atoms. The molecule has 2 aromatic rings. The van der Waals surface area contributed by atoms with Crippen LogP contribution in [0, 0.1) is 5.92 Å². The zero-order valence-electron chi connectivity index (χ0n) is 18.6. The summed E-state index contributed by atoms with van der Waals surface area (Å²) < 4.78 is 32.4. The number of methoxy groups -OCH3 is 1. The summed E-state index contributed by atoms with van der Waals surface area (Å²) in [5, 5.41) is 3.55. The fraction of sp³-hybridized carbons (Fsp3) is 0.435. The number of ether oxygens (including phenoxy) is 1. The van der Waals surface area contributed by atoms with Crippen molar-refractivity contribution in [3.8, 4) is 5.75 Å². The highest BCUT2D eigenvalue weighted by molar-refractivity contribution is 7.89. The van der Waals surface area contributed by atoms with Gasteiger partial charge in [0.15, 0.2) is 0 Å². The summed E-state index contributed by atoms with van der Waals surface area (Å²) in [6, 6.07) is 14.0. The van der Waals surface area contributed by atoms with Crippen molar-refractivity contribution in [1.82, 2.24) is 14.5 Å². The van der Waals surface area contributed by atoms with Crippen molar-refractivity contribution in [1.29, 1.82) is 0 Å². The summed E-state index contributed by atoms with van der Waals surface area (Å²) in [5.74, 6) is 0.526. The number of nitrogens with zero attached hydrogens (tertiary/aromatic N) is 2. The molecule has 174 valence electrons. The SMILES string of the molecule is COc1cccc(C(CNC(=O)C2CCN(S(=O)(=O)c3ccc(Cl)cc3)CC2)N(C)C)c1. The molecule has 1 amide bonds. The second-order valence-corrected chi connectivity index (χ2v) is 10.5. The summed E-state index contributed by atoms with van der Waals surface area (Å²) in [7, 11) is 1.98. The Morgan fingerprint density at radius 1 is 1.19 bits per heavy atom. The highest BCUT2D eigenvalue weighted by Crippen LogP contribution is 2.26. The number of sulfonamides is 1. The van der Waals surface area contributed by atoms with Crippen molar-refractivity contribution >= 4 is 27.5 Å². The Morgan fingerprint density at radius 2 is 1.84 bits per heavy atom. The number of carbonyl (C=O) groups is 1. The predicted octanol–water partition coefficient (Wildman–Crippen LogP) is 3.17. The Labute approximate surface area is 195 Å². The normalized spacial score (nSPS) is 16.7. The molecule has 0 spiro atoms. The molecule has 1 saturated heterocycles. The molecular formula is C23H30ClN3O4S. The van der Waals surface area contributed by atoms with Gasteiger partial charge in [-0.15, -0.1) is 0 Å². The molecule has 9 heteroatoms. The van der Waals surface area contributed by atoms with Gasteiger partial charge in [0.05, 0.1) is 18.0 Å². The smallest absolute Gasteiger partial charge is 0.243 e. The Bertz CT molecular complexity index is 1020. The first kappa shape index (κ1) is 24.5. The Hall–Kier alpha value is -2.13. The summed E-state index contributed by atoms with van der Waals surface area (Å²) in [5.41, 5.74) is 1.05. The Morgan fingerprint density at radius 3 is 2.44 bits per heavy atom. The fourth-order valence-electron chi connectivity index (χ4n) is 3.90. The zero-order valence-corrected chi connectivity index (χ0v) is 20.2. The summed E-state index contributed by atoms with van der Waals surface area (Å²) in [6.07, 6.45) is 0.981. The van der Waals surface area contributed by atoms with Crippen LogP contribution >= 0.6 is 11.6 Å². The van der Waals surface area contributed by atoms with E-state index < -0.39 is 10.0 Å². The van der Waals surface area contributed by atoms with Gasteiger partial charge in [-0.1, -0.05) is 23.7 Å². The first-order chi connectivity index (χ1) is 15.2. The molecule has 0 aromatic heterocycles. The largest absolute Gasteiger partial charge is 0.497 e. The highest BCUT2D eigenvalue weighted by Gasteiger charge is 2.32. The molecule has 1 heterocycles. The highest BCUT2D eigenvalue weighted by atomic mass is 35.5. The molecule has 7 nitrogen and oxygen atoms in total. The van der Waals surface area contributed by atoms with Crippen molar-refractivity contribution in [2.75, 3.05) is 40.8 Å². The number of carbonyl (C=O) groups excluding carboxylic acids is 1. The molecule has 1 fully saturated rings. The van der Waals surface area contributed by atoms with E-state index in [4.69, 9.17) is 16.3 Å². The van der Waals surface area contributed by atoms with E-state index in [0.29, 0.717) is 37.5 Å². The number of amides is 1. The third kappa shape index (κ3) is 5.81. The first-order valence-electron chi connectivity index (χ1n) is 10.6. The van der Waals surface area contributed by atoms with Crippen LogP contribution in [0.5, 0.6) is 5.75 Å². The van der Waals surface area contributed by atoms with Crippen LogP contribution in [0.3, 0.4) is 0 Å². The lowest BCUT2D eigenvalue weighted by molar-refractivity contribution is -0.126. The van der Waals surface area contributed by atoms with Crippen molar-refractivity contribution < 1.29 is 17.9 Å². The van der Waals surface area contributed by atoms with Gasteiger partial charge in [0.2, 0.25) is 15.9 Å². The van der Waals surface area contributed by atoms with E-state index in [2.05, 4.69) is 10.2 Å². The van der Waals surface area contributed by atoms with Gasteiger partial charge in [0.25, 0.3) is 0 Å². The molecule has 1 unspecified atom stereocenters. The third-order valence-corrected chi connectivity index (χ3v) is 8.01.